The summed E-state index contributed by atoms with van der Waals surface area (Å²) in [5.41, 5.74) is 0. The van der Waals surface area contributed by atoms with Gasteiger partial charge >= 0.3 is 6.03 Å². The Hall–Kier alpha value is -0.770. The number of likely N-dealkylation sites (tertiary alicyclic amines) is 1. The predicted octanol–water partition coefficient (Wildman–Crippen LogP) is 1.91. The number of nitrogens with zero attached hydrogens (tertiary/aromatic N) is 2. The second-order valence-corrected chi connectivity index (χ2v) is 5.35. The Morgan fingerprint density at radius 1 is 1.18 bits per heavy atom. The van der Waals surface area contributed by atoms with E-state index >= 15 is 0 Å². The van der Waals surface area contributed by atoms with Gasteiger partial charge < -0.3 is 10.2 Å². The molecule has 1 rings (SSSR count). The lowest BCUT2D eigenvalue weighted by atomic mass is 10.2. The zero-order chi connectivity index (χ0) is 12.8. The highest BCUT2D eigenvalue weighted by molar-refractivity contribution is 5.74. The van der Waals surface area contributed by atoms with E-state index in [1.807, 2.05) is 4.90 Å². The third-order valence-corrected chi connectivity index (χ3v) is 3.37. The maximum absolute atomic E-state index is 11.8. The van der Waals surface area contributed by atoms with E-state index < -0.39 is 0 Å². The molecule has 1 fully saturated rings. The predicted molar refractivity (Wildman–Crippen MR) is 71.2 cm³/mol. The van der Waals surface area contributed by atoms with Crippen molar-refractivity contribution < 1.29 is 4.79 Å². The van der Waals surface area contributed by atoms with Gasteiger partial charge in [0.25, 0.3) is 0 Å². The van der Waals surface area contributed by atoms with Gasteiger partial charge in [0, 0.05) is 38.3 Å². The Morgan fingerprint density at radius 3 is 2.18 bits per heavy atom. The first kappa shape index (κ1) is 14.3. The Morgan fingerprint density at radius 2 is 1.71 bits per heavy atom. The molecule has 100 valence electrons. The molecule has 1 heterocycles. The minimum absolute atomic E-state index is 0.106. The van der Waals surface area contributed by atoms with Crippen LogP contribution >= 0.6 is 0 Å². The number of hydrogen-bond donors (Lipinski definition) is 1. The van der Waals surface area contributed by atoms with Crippen LogP contribution in [0.25, 0.3) is 0 Å². The molecule has 0 unspecified atom stereocenters. The quantitative estimate of drug-likeness (QED) is 0.798. The van der Waals surface area contributed by atoms with Crippen LogP contribution in [0.1, 0.15) is 40.5 Å². The highest BCUT2D eigenvalue weighted by Crippen LogP contribution is 2.07. The van der Waals surface area contributed by atoms with Crippen LogP contribution in [-0.4, -0.2) is 54.1 Å². The van der Waals surface area contributed by atoms with Gasteiger partial charge in [-0.2, -0.15) is 0 Å². The van der Waals surface area contributed by atoms with Crippen molar-refractivity contribution in [3.63, 3.8) is 0 Å². The van der Waals surface area contributed by atoms with Gasteiger partial charge in [0.1, 0.15) is 0 Å². The molecule has 0 bridgehead atoms. The minimum Gasteiger partial charge on any atom is -0.337 e. The second kappa shape index (κ2) is 6.84. The van der Waals surface area contributed by atoms with Crippen molar-refractivity contribution in [1.82, 2.24) is 15.1 Å². The van der Waals surface area contributed by atoms with Gasteiger partial charge in [-0.1, -0.05) is 0 Å². The highest BCUT2D eigenvalue weighted by Gasteiger charge is 2.18. The number of amides is 2. The van der Waals surface area contributed by atoms with Gasteiger partial charge in [-0.3, -0.25) is 4.90 Å². The maximum Gasteiger partial charge on any atom is 0.317 e. The number of urea groups is 1. The van der Waals surface area contributed by atoms with Crippen LogP contribution in [-0.2, 0) is 0 Å². The van der Waals surface area contributed by atoms with E-state index in [0.717, 1.165) is 39.0 Å². The summed E-state index contributed by atoms with van der Waals surface area (Å²) in [7, 11) is 0. The molecule has 0 atom stereocenters. The fourth-order valence-corrected chi connectivity index (χ4v) is 2.44. The Labute approximate surface area is 105 Å². The van der Waals surface area contributed by atoms with E-state index in [1.165, 1.54) is 0 Å². The van der Waals surface area contributed by atoms with Gasteiger partial charge in [-0.05, 0) is 40.5 Å². The molecule has 1 saturated heterocycles. The molecule has 0 aromatic carbocycles. The van der Waals surface area contributed by atoms with Crippen LogP contribution in [0.4, 0.5) is 4.79 Å². The monoisotopic (exact) mass is 241 g/mol. The van der Waals surface area contributed by atoms with Crippen LogP contribution in [0, 0.1) is 0 Å². The van der Waals surface area contributed by atoms with E-state index in [1.54, 1.807) is 0 Å². The summed E-state index contributed by atoms with van der Waals surface area (Å²) in [6, 6.07) is 1.16. The molecule has 1 aliphatic heterocycles. The molecule has 2 amide bonds. The lowest BCUT2D eigenvalue weighted by molar-refractivity contribution is 0.171. The summed E-state index contributed by atoms with van der Waals surface area (Å²) in [5.74, 6) is 0. The van der Waals surface area contributed by atoms with Crippen molar-refractivity contribution in [2.24, 2.45) is 0 Å². The SMILES string of the molecule is CC(C)N(CCNC(=O)N1CCCC1)C(C)C. The normalized spacial score (nSPS) is 16.3. The zero-order valence-corrected chi connectivity index (χ0v) is 11.7. The van der Waals surface area contributed by atoms with Gasteiger partial charge in [0.2, 0.25) is 0 Å². The average Bonchev–Trinajstić information content (AvgIpc) is 2.76. The van der Waals surface area contributed by atoms with Crippen LogP contribution < -0.4 is 5.32 Å². The number of carbonyl (C=O) groups is 1. The topological polar surface area (TPSA) is 35.6 Å². The zero-order valence-electron chi connectivity index (χ0n) is 11.7. The Bertz CT molecular complexity index is 227. The van der Waals surface area contributed by atoms with E-state index in [-0.39, 0.29) is 6.03 Å². The molecule has 4 nitrogen and oxygen atoms in total. The van der Waals surface area contributed by atoms with Gasteiger partial charge in [-0.25, -0.2) is 4.79 Å². The number of carbonyl (C=O) groups excluding carboxylic acids is 1. The van der Waals surface area contributed by atoms with Crippen LogP contribution in [0.3, 0.4) is 0 Å². The average molecular weight is 241 g/mol. The summed E-state index contributed by atoms with van der Waals surface area (Å²) < 4.78 is 0. The third-order valence-electron chi connectivity index (χ3n) is 3.37. The summed E-state index contributed by atoms with van der Waals surface area (Å²) >= 11 is 0. The van der Waals surface area contributed by atoms with Crippen LogP contribution in [0.2, 0.25) is 0 Å². The summed E-state index contributed by atoms with van der Waals surface area (Å²) in [4.78, 5) is 16.1. The summed E-state index contributed by atoms with van der Waals surface area (Å²) in [6.45, 7) is 12.3. The van der Waals surface area contributed by atoms with E-state index in [4.69, 9.17) is 0 Å². The van der Waals surface area contributed by atoms with Gasteiger partial charge in [0.05, 0.1) is 0 Å². The smallest absolute Gasteiger partial charge is 0.317 e. The largest absolute Gasteiger partial charge is 0.337 e. The first-order chi connectivity index (χ1) is 8.02. The molecule has 17 heavy (non-hydrogen) atoms. The summed E-state index contributed by atoms with van der Waals surface area (Å²) in [5, 5.41) is 3.01. The molecule has 0 aromatic heterocycles. The molecule has 1 aliphatic rings. The van der Waals surface area contributed by atoms with Gasteiger partial charge in [0.15, 0.2) is 0 Å². The van der Waals surface area contributed by atoms with E-state index in [0.29, 0.717) is 12.1 Å². The first-order valence-corrected chi connectivity index (χ1v) is 6.81. The van der Waals surface area contributed by atoms with Crippen molar-refractivity contribution in [2.45, 2.75) is 52.6 Å². The van der Waals surface area contributed by atoms with Gasteiger partial charge in [-0.15, -0.1) is 0 Å². The molecule has 0 aromatic rings. The fourth-order valence-electron chi connectivity index (χ4n) is 2.44. The molecule has 0 spiro atoms. The molecule has 0 saturated carbocycles. The van der Waals surface area contributed by atoms with Crippen molar-refractivity contribution >= 4 is 6.03 Å². The fraction of sp³-hybridized carbons (Fsp3) is 0.923. The van der Waals surface area contributed by atoms with E-state index in [9.17, 15) is 4.79 Å². The maximum atomic E-state index is 11.8. The van der Waals surface area contributed by atoms with E-state index in [2.05, 4.69) is 37.9 Å². The summed E-state index contributed by atoms with van der Waals surface area (Å²) in [6.07, 6.45) is 2.30. The molecular weight excluding hydrogens is 214 g/mol. The lowest BCUT2D eigenvalue weighted by Gasteiger charge is -2.30. The molecular formula is C13H27N3O. The van der Waals surface area contributed by atoms with Crippen LogP contribution in [0.5, 0.6) is 0 Å². The second-order valence-electron chi connectivity index (χ2n) is 5.35. The Kier molecular flexibility index (Phi) is 5.75. The lowest BCUT2D eigenvalue weighted by Crippen LogP contribution is -2.45. The van der Waals surface area contributed by atoms with Crippen molar-refractivity contribution in [3.05, 3.63) is 0 Å². The third kappa shape index (κ3) is 4.54. The van der Waals surface area contributed by atoms with Crippen LogP contribution in [0.15, 0.2) is 0 Å². The number of hydrogen-bond acceptors (Lipinski definition) is 2. The number of rotatable bonds is 5. The Balaban J connectivity index is 2.23. The first-order valence-electron chi connectivity index (χ1n) is 6.81. The van der Waals surface area contributed by atoms with Crippen molar-refractivity contribution in [1.29, 1.82) is 0 Å². The standard InChI is InChI=1S/C13H27N3O/c1-11(2)16(12(3)4)10-7-14-13(17)15-8-5-6-9-15/h11-12H,5-10H2,1-4H3,(H,14,17). The molecule has 1 N–H and O–H groups in total. The highest BCUT2D eigenvalue weighted by atomic mass is 16.2. The van der Waals surface area contributed by atoms with Crippen molar-refractivity contribution in [2.75, 3.05) is 26.2 Å². The van der Waals surface area contributed by atoms with Crippen molar-refractivity contribution in [3.8, 4) is 0 Å². The molecule has 0 radical (unpaired) electrons. The minimum atomic E-state index is 0.106. The molecule has 0 aliphatic carbocycles. The molecule has 4 heteroatoms. The number of nitrogens with one attached hydrogen (secondary N) is 1.